The molecule has 0 atom stereocenters. The van der Waals surface area contributed by atoms with Crippen LogP contribution in [0, 0.1) is 11.7 Å². The summed E-state index contributed by atoms with van der Waals surface area (Å²) in [5.41, 5.74) is 1.96. The average Bonchev–Trinajstić information content (AvgIpc) is 2.68. The van der Waals surface area contributed by atoms with E-state index in [1.54, 1.807) is 12.1 Å². The van der Waals surface area contributed by atoms with E-state index in [-0.39, 0.29) is 5.75 Å². The van der Waals surface area contributed by atoms with Crippen LogP contribution >= 0.6 is 0 Å². The van der Waals surface area contributed by atoms with E-state index >= 15 is 0 Å². The van der Waals surface area contributed by atoms with Crippen molar-refractivity contribution in [2.75, 3.05) is 19.6 Å². The monoisotopic (exact) mass is 355 g/mol. The minimum atomic E-state index is -0.465. The highest BCUT2D eigenvalue weighted by Crippen LogP contribution is 2.25. The largest absolute Gasteiger partial charge is 0.505 e. The number of aromatic hydroxyl groups is 1. The van der Waals surface area contributed by atoms with E-state index in [1.165, 1.54) is 43.7 Å². The Morgan fingerprint density at radius 3 is 2.38 bits per heavy atom. The highest BCUT2D eigenvalue weighted by molar-refractivity contribution is 5.30. The lowest BCUT2D eigenvalue weighted by molar-refractivity contribution is 0.203. The maximum Gasteiger partial charge on any atom is 0.168 e. The molecule has 0 amide bonds. The third kappa shape index (κ3) is 5.57. The van der Waals surface area contributed by atoms with E-state index in [1.807, 2.05) is 6.07 Å². The van der Waals surface area contributed by atoms with Gasteiger partial charge in [0.1, 0.15) is 0 Å². The minimum absolute atomic E-state index is 0.245. The number of hydrogen-bond donors (Lipinski definition) is 1. The Labute approximate surface area is 156 Å². The molecule has 1 N–H and O–H groups in total. The molecule has 0 heterocycles. The highest BCUT2D eigenvalue weighted by Gasteiger charge is 2.18. The van der Waals surface area contributed by atoms with Gasteiger partial charge in [0.05, 0.1) is 0 Å². The summed E-state index contributed by atoms with van der Waals surface area (Å²) in [5, 5.41) is 9.59. The van der Waals surface area contributed by atoms with Gasteiger partial charge in [0, 0.05) is 19.6 Å². The van der Waals surface area contributed by atoms with Crippen LogP contribution in [0.25, 0.3) is 0 Å². The van der Waals surface area contributed by atoms with Crippen LogP contribution in [0.5, 0.6) is 5.75 Å². The molecule has 0 aliphatic heterocycles. The molecular weight excluding hydrogens is 325 g/mol. The summed E-state index contributed by atoms with van der Waals surface area (Å²) in [5.74, 6) is 0.0624. The maximum absolute atomic E-state index is 14.1. The lowest BCUT2D eigenvalue weighted by Gasteiger charge is -2.30. The number of hydrogen-bond acceptors (Lipinski definition) is 2. The molecule has 0 spiro atoms. The van der Waals surface area contributed by atoms with E-state index in [2.05, 4.69) is 29.2 Å². The summed E-state index contributed by atoms with van der Waals surface area (Å²) in [4.78, 5) is 2.49. The molecule has 1 aliphatic carbocycles. The summed E-state index contributed by atoms with van der Waals surface area (Å²) in [6.07, 6.45) is 8.37. The topological polar surface area (TPSA) is 23.5 Å². The van der Waals surface area contributed by atoms with Crippen molar-refractivity contribution in [1.29, 1.82) is 0 Å². The second-order valence-electron chi connectivity index (χ2n) is 7.54. The zero-order valence-electron chi connectivity index (χ0n) is 15.5. The van der Waals surface area contributed by atoms with Crippen LogP contribution in [0.3, 0.4) is 0 Å². The molecule has 3 rings (SSSR count). The van der Waals surface area contributed by atoms with Gasteiger partial charge in [0.2, 0.25) is 0 Å². The summed E-state index contributed by atoms with van der Waals surface area (Å²) in [6, 6.07) is 15.5. The van der Waals surface area contributed by atoms with Crippen molar-refractivity contribution in [3.63, 3.8) is 0 Å². The second-order valence-corrected chi connectivity index (χ2v) is 7.54. The van der Waals surface area contributed by atoms with Crippen LogP contribution in [0.15, 0.2) is 48.5 Å². The van der Waals surface area contributed by atoms with Crippen molar-refractivity contribution in [2.45, 2.75) is 44.9 Å². The van der Waals surface area contributed by atoms with E-state index in [4.69, 9.17) is 0 Å². The summed E-state index contributed by atoms with van der Waals surface area (Å²) < 4.78 is 14.1. The summed E-state index contributed by atoms with van der Waals surface area (Å²) >= 11 is 0. The van der Waals surface area contributed by atoms with Crippen molar-refractivity contribution in [1.82, 2.24) is 4.90 Å². The van der Waals surface area contributed by atoms with Crippen molar-refractivity contribution in [2.24, 2.45) is 5.92 Å². The Kier molecular flexibility index (Phi) is 7.07. The fourth-order valence-corrected chi connectivity index (χ4v) is 4.00. The first-order valence-electron chi connectivity index (χ1n) is 9.95. The maximum atomic E-state index is 14.1. The second kappa shape index (κ2) is 9.72. The number of phenolic OH excluding ortho intramolecular Hbond substituents is 1. The third-order valence-corrected chi connectivity index (χ3v) is 5.56. The normalized spacial score (nSPS) is 15.5. The van der Waals surface area contributed by atoms with Gasteiger partial charge in [-0.3, -0.25) is 0 Å². The number of nitrogens with zero attached hydrogens (tertiary/aromatic N) is 1. The molecule has 140 valence electrons. The molecule has 1 saturated carbocycles. The standard InChI is InChI=1S/C23H30FNO/c24-23-21(12-7-13-22(23)26)15-17-25(18-20-10-5-2-6-11-20)16-14-19-8-3-1-4-9-19/h1,3-4,7-9,12-13,20,26H,2,5-6,10-11,14-18H2. The lowest BCUT2D eigenvalue weighted by atomic mass is 9.89. The van der Waals surface area contributed by atoms with Gasteiger partial charge in [-0.1, -0.05) is 61.7 Å². The Morgan fingerprint density at radius 2 is 1.62 bits per heavy atom. The van der Waals surface area contributed by atoms with Gasteiger partial charge in [-0.15, -0.1) is 0 Å². The molecule has 0 aromatic heterocycles. The average molecular weight is 355 g/mol. The van der Waals surface area contributed by atoms with Gasteiger partial charge in [-0.05, 0) is 48.8 Å². The molecule has 3 heteroatoms. The first kappa shape index (κ1) is 18.9. The fraction of sp³-hybridized carbons (Fsp3) is 0.478. The molecule has 26 heavy (non-hydrogen) atoms. The Hall–Kier alpha value is -1.87. The highest BCUT2D eigenvalue weighted by atomic mass is 19.1. The van der Waals surface area contributed by atoms with Crippen LogP contribution in [0.1, 0.15) is 43.2 Å². The van der Waals surface area contributed by atoms with Crippen LogP contribution in [0.4, 0.5) is 4.39 Å². The zero-order valence-corrected chi connectivity index (χ0v) is 15.5. The summed E-state index contributed by atoms with van der Waals surface area (Å²) in [6.45, 7) is 2.94. The van der Waals surface area contributed by atoms with Gasteiger partial charge in [0.15, 0.2) is 11.6 Å². The first-order valence-corrected chi connectivity index (χ1v) is 9.95. The first-order chi connectivity index (χ1) is 12.7. The van der Waals surface area contributed by atoms with E-state index in [0.29, 0.717) is 12.0 Å². The van der Waals surface area contributed by atoms with Crippen LogP contribution < -0.4 is 0 Å². The zero-order chi connectivity index (χ0) is 18.2. The van der Waals surface area contributed by atoms with E-state index < -0.39 is 5.82 Å². The van der Waals surface area contributed by atoms with Crippen molar-refractivity contribution < 1.29 is 9.50 Å². The van der Waals surface area contributed by atoms with E-state index in [9.17, 15) is 9.50 Å². The third-order valence-electron chi connectivity index (χ3n) is 5.56. The minimum Gasteiger partial charge on any atom is -0.505 e. The molecule has 2 aromatic rings. The van der Waals surface area contributed by atoms with E-state index in [0.717, 1.165) is 32.0 Å². The quantitative estimate of drug-likeness (QED) is 0.703. The summed E-state index contributed by atoms with van der Waals surface area (Å²) in [7, 11) is 0. The molecule has 0 saturated heterocycles. The SMILES string of the molecule is Oc1cccc(CCN(CCc2ccccc2)CC2CCCCC2)c1F. The smallest absolute Gasteiger partial charge is 0.168 e. The van der Waals surface area contributed by atoms with Crippen LogP contribution in [-0.2, 0) is 12.8 Å². The van der Waals surface area contributed by atoms with Crippen LogP contribution in [0.2, 0.25) is 0 Å². The Bertz CT molecular complexity index is 667. The predicted molar refractivity (Wildman–Crippen MR) is 105 cm³/mol. The molecule has 2 nitrogen and oxygen atoms in total. The van der Waals surface area contributed by atoms with Gasteiger partial charge < -0.3 is 10.0 Å². The van der Waals surface area contributed by atoms with Crippen molar-refractivity contribution in [3.05, 3.63) is 65.5 Å². The van der Waals surface area contributed by atoms with Gasteiger partial charge >= 0.3 is 0 Å². The molecular formula is C23H30FNO. The fourth-order valence-electron chi connectivity index (χ4n) is 4.00. The van der Waals surface area contributed by atoms with Gasteiger partial charge in [-0.2, -0.15) is 0 Å². The lowest BCUT2D eigenvalue weighted by Crippen LogP contribution is -2.34. The molecule has 0 unspecified atom stereocenters. The van der Waals surface area contributed by atoms with Gasteiger partial charge in [-0.25, -0.2) is 4.39 Å². The molecule has 0 bridgehead atoms. The van der Waals surface area contributed by atoms with Gasteiger partial charge in [0.25, 0.3) is 0 Å². The van der Waals surface area contributed by atoms with Crippen LogP contribution in [-0.4, -0.2) is 29.6 Å². The Morgan fingerprint density at radius 1 is 0.885 bits per heavy atom. The molecule has 2 aromatic carbocycles. The van der Waals surface area contributed by atoms with Crippen molar-refractivity contribution in [3.8, 4) is 5.75 Å². The number of phenols is 1. The molecule has 0 radical (unpaired) electrons. The number of halogens is 1. The Balaban J connectivity index is 1.60. The van der Waals surface area contributed by atoms with Crippen molar-refractivity contribution >= 4 is 0 Å². The predicted octanol–water partition coefficient (Wildman–Crippen LogP) is 5.20. The number of benzene rings is 2. The number of rotatable bonds is 8. The molecule has 1 aliphatic rings. The molecule has 1 fully saturated rings.